The van der Waals surface area contributed by atoms with E-state index in [0.717, 1.165) is 0 Å². The number of nitrogens with two attached hydrogens (primary N) is 1. The molecule has 0 aliphatic carbocycles. The van der Waals surface area contributed by atoms with Crippen LogP contribution in [-0.4, -0.2) is 115 Å². The van der Waals surface area contributed by atoms with E-state index in [0.29, 0.717) is 44.1 Å². The third-order valence-corrected chi connectivity index (χ3v) is 9.59. The van der Waals surface area contributed by atoms with Crippen molar-refractivity contribution in [2.45, 2.75) is 56.7 Å². The largest absolute Gasteiger partial charge is 0.477 e. The number of aliphatic carboxylic acids is 1. The van der Waals surface area contributed by atoms with Gasteiger partial charge in [0.25, 0.3) is 0 Å². The summed E-state index contributed by atoms with van der Waals surface area (Å²) < 4.78 is 6.90. The summed E-state index contributed by atoms with van der Waals surface area (Å²) in [5, 5.41) is 24.1. The Kier molecular flexibility index (Phi) is 8.03. The van der Waals surface area contributed by atoms with E-state index < -0.39 is 11.9 Å². The molecule has 4 N–H and O–H groups in total. The van der Waals surface area contributed by atoms with Crippen LogP contribution in [0.2, 0.25) is 0 Å². The van der Waals surface area contributed by atoms with Gasteiger partial charge in [-0.05, 0) is 22.8 Å². The molecule has 212 valence electrons. The molecule has 39 heavy (non-hydrogen) atoms. The normalized spacial score (nSPS) is 31.3. The van der Waals surface area contributed by atoms with Crippen LogP contribution < -0.4 is 11.1 Å². The summed E-state index contributed by atoms with van der Waals surface area (Å²) >= 11 is 1.45. The van der Waals surface area contributed by atoms with Crippen LogP contribution in [0.4, 0.5) is 0 Å². The first-order valence-corrected chi connectivity index (χ1v) is 14.1. The highest BCUT2D eigenvalue weighted by Gasteiger charge is 2.60. The summed E-state index contributed by atoms with van der Waals surface area (Å²) in [6, 6.07) is -0.669. The Morgan fingerprint density at radius 3 is 2.85 bits per heavy atom. The molecule has 7 atom stereocenters. The number of carbonyl (C=O) groups excluding carboxylic acids is 3. The number of Topliss-reactive ketones (excluding diaryl/α,β-unsaturated/α-hetero) is 1. The first-order chi connectivity index (χ1) is 18.7. The highest BCUT2D eigenvalue weighted by atomic mass is 32.2. The smallest absolute Gasteiger partial charge is 0.353 e. The van der Waals surface area contributed by atoms with Crippen molar-refractivity contribution >= 4 is 35.3 Å². The number of hydrogen-bond acceptors (Lipinski definition) is 11. The summed E-state index contributed by atoms with van der Waals surface area (Å²) in [6.07, 6.45) is 1.92. The summed E-state index contributed by atoms with van der Waals surface area (Å²) in [5.41, 5.74) is 5.74. The lowest BCUT2D eigenvalue weighted by molar-refractivity contribution is -0.160. The highest BCUT2D eigenvalue weighted by molar-refractivity contribution is 8.03. The molecule has 5 rings (SSSR count). The lowest BCUT2D eigenvalue weighted by atomic mass is 9.73. The van der Waals surface area contributed by atoms with E-state index in [-0.39, 0.29) is 71.5 Å². The number of rotatable bonds is 10. The molecule has 0 unspecified atom stereocenters. The van der Waals surface area contributed by atoms with Gasteiger partial charge in [-0.2, -0.15) is 0 Å². The number of ether oxygens (including phenoxy) is 1. The van der Waals surface area contributed by atoms with Gasteiger partial charge >= 0.3 is 5.97 Å². The number of carboxylic acids is 1. The van der Waals surface area contributed by atoms with Crippen molar-refractivity contribution in [1.29, 1.82) is 0 Å². The molecule has 0 bridgehead atoms. The molecule has 4 aliphatic rings. The Hall–Kier alpha value is -2.88. The number of carboxylic acid groups (broad SMARTS) is 1. The van der Waals surface area contributed by atoms with E-state index in [2.05, 4.69) is 20.8 Å². The van der Waals surface area contributed by atoms with E-state index in [1.54, 1.807) is 4.90 Å². The molecule has 3 fully saturated rings. The van der Waals surface area contributed by atoms with Gasteiger partial charge in [-0.15, -0.1) is 16.9 Å². The average Bonchev–Trinajstić information content (AvgIpc) is 3.64. The van der Waals surface area contributed by atoms with Crippen LogP contribution in [0.5, 0.6) is 0 Å². The van der Waals surface area contributed by atoms with Crippen LogP contribution in [-0.2, 0) is 30.5 Å². The Balaban J connectivity index is 1.22. The maximum Gasteiger partial charge on any atom is 0.353 e. The number of β-lactam (4-membered cyclic amide) rings is 1. The molecule has 15 heteroatoms. The van der Waals surface area contributed by atoms with E-state index in [9.17, 15) is 24.3 Å². The Morgan fingerprint density at radius 1 is 1.36 bits per heavy atom. The lowest BCUT2D eigenvalue weighted by Crippen LogP contribution is -2.62. The monoisotopic (exact) mass is 562 g/mol. The van der Waals surface area contributed by atoms with Gasteiger partial charge in [0.05, 0.1) is 30.7 Å². The Bertz CT molecular complexity index is 1160. The maximum atomic E-state index is 13.2. The number of ketones is 1. The fraction of sp³-hybridized carbons (Fsp3) is 0.708. The Labute approximate surface area is 229 Å². The van der Waals surface area contributed by atoms with Gasteiger partial charge in [0, 0.05) is 48.7 Å². The van der Waals surface area contributed by atoms with Crippen LogP contribution in [0.15, 0.2) is 16.9 Å². The highest BCUT2D eigenvalue weighted by Crippen LogP contribution is 2.53. The molecule has 2 amide bonds. The van der Waals surface area contributed by atoms with Crippen molar-refractivity contribution in [1.82, 2.24) is 35.3 Å². The standard InChI is InChI=1S/C24H34N8O6S/c1-12(5-14(33)9-31-11-27-28-29-31)18-19-13(2)21(20(24(36)37)32(19)23(18)35)39-16-6-17(26-8-16)22(34)30-3-4-38-15(7-25)10-30/h11-13,15-19,26H,3-10,25H2,1-2H3,(H,36,37)/t12-,13+,15+,16-,17-,18+,19+/m0/s1. The van der Waals surface area contributed by atoms with Crippen molar-refractivity contribution in [3.05, 3.63) is 16.9 Å². The van der Waals surface area contributed by atoms with Gasteiger partial charge in [0.15, 0.2) is 5.78 Å². The fourth-order valence-corrected chi connectivity index (χ4v) is 7.67. The second-order valence-electron chi connectivity index (χ2n) is 10.7. The molecule has 1 aromatic heterocycles. The molecule has 14 nitrogen and oxygen atoms in total. The van der Waals surface area contributed by atoms with Crippen molar-refractivity contribution in [3.63, 3.8) is 0 Å². The van der Waals surface area contributed by atoms with Crippen LogP contribution in [0.25, 0.3) is 0 Å². The van der Waals surface area contributed by atoms with Crippen molar-refractivity contribution in [3.8, 4) is 0 Å². The molecular weight excluding hydrogens is 528 g/mol. The van der Waals surface area contributed by atoms with E-state index in [1.165, 1.54) is 27.7 Å². The predicted octanol–water partition coefficient (Wildman–Crippen LogP) is -1.31. The number of nitrogens with zero attached hydrogens (tertiary/aromatic N) is 6. The van der Waals surface area contributed by atoms with Gasteiger partial charge in [0.1, 0.15) is 18.6 Å². The van der Waals surface area contributed by atoms with Crippen molar-refractivity contribution in [2.24, 2.45) is 23.5 Å². The van der Waals surface area contributed by atoms with E-state index in [1.807, 2.05) is 13.8 Å². The zero-order valence-electron chi connectivity index (χ0n) is 21.9. The number of aromatic nitrogens is 4. The Morgan fingerprint density at radius 2 is 2.15 bits per heavy atom. The second kappa shape index (κ2) is 11.3. The van der Waals surface area contributed by atoms with Crippen molar-refractivity contribution in [2.75, 3.05) is 32.8 Å². The number of hydrogen-bond donors (Lipinski definition) is 3. The molecule has 0 spiro atoms. The average molecular weight is 563 g/mol. The van der Waals surface area contributed by atoms with Gasteiger partial charge in [-0.1, -0.05) is 13.8 Å². The molecule has 0 radical (unpaired) electrons. The van der Waals surface area contributed by atoms with E-state index >= 15 is 0 Å². The third kappa shape index (κ3) is 5.32. The summed E-state index contributed by atoms with van der Waals surface area (Å²) in [5.74, 6) is -2.39. The number of tetrazole rings is 1. The van der Waals surface area contributed by atoms with Gasteiger partial charge < -0.3 is 30.7 Å². The molecular formula is C24H34N8O6S. The minimum Gasteiger partial charge on any atom is -0.477 e. The summed E-state index contributed by atoms with van der Waals surface area (Å²) in [4.78, 5) is 55.0. The molecule has 0 saturated carbocycles. The number of carbonyl (C=O) groups is 4. The molecule has 0 aromatic carbocycles. The quantitative estimate of drug-likeness (QED) is 0.286. The van der Waals surface area contributed by atoms with Gasteiger partial charge in [0.2, 0.25) is 11.8 Å². The summed E-state index contributed by atoms with van der Waals surface area (Å²) in [6.45, 7) is 6.17. The van der Waals surface area contributed by atoms with Crippen LogP contribution in [0.3, 0.4) is 0 Å². The number of morpholine rings is 1. The van der Waals surface area contributed by atoms with Crippen LogP contribution in [0, 0.1) is 17.8 Å². The molecule has 3 saturated heterocycles. The minimum atomic E-state index is -1.14. The SMILES string of the molecule is C[C@@H](CC(=O)Cn1cnnn1)[C@H]1C(=O)N2C(C(=O)O)=C(S[C@@H]3CN[C@H](C(=O)N4CCO[C@H](CN)C4)C3)[C@H](C)[C@H]12. The number of nitrogens with one attached hydrogen (secondary N) is 1. The maximum absolute atomic E-state index is 13.2. The van der Waals surface area contributed by atoms with Crippen LogP contribution in [0.1, 0.15) is 26.7 Å². The lowest BCUT2D eigenvalue weighted by Gasteiger charge is -2.47. The number of fused-ring (bicyclic) bond motifs is 1. The van der Waals surface area contributed by atoms with E-state index in [4.69, 9.17) is 10.5 Å². The zero-order valence-corrected chi connectivity index (χ0v) is 22.7. The fourth-order valence-electron chi connectivity index (χ4n) is 6.19. The molecule has 1 aromatic rings. The van der Waals surface area contributed by atoms with Gasteiger partial charge in [-0.3, -0.25) is 14.4 Å². The minimum absolute atomic E-state index is 0.00554. The topological polar surface area (TPSA) is 186 Å². The zero-order chi connectivity index (χ0) is 27.8. The molecule has 5 heterocycles. The first-order valence-electron chi connectivity index (χ1n) is 13.2. The number of thioether (sulfide) groups is 1. The van der Waals surface area contributed by atoms with Crippen molar-refractivity contribution < 1.29 is 29.0 Å². The van der Waals surface area contributed by atoms with Crippen LogP contribution >= 0.6 is 11.8 Å². The van der Waals surface area contributed by atoms with Gasteiger partial charge in [-0.25, -0.2) is 9.48 Å². The number of amides is 2. The molecule has 4 aliphatic heterocycles. The second-order valence-corrected chi connectivity index (χ2v) is 12.1. The third-order valence-electron chi connectivity index (χ3n) is 8.08. The summed E-state index contributed by atoms with van der Waals surface area (Å²) in [7, 11) is 0. The predicted molar refractivity (Wildman–Crippen MR) is 138 cm³/mol. The first kappa shape index (κ1) is 27.7.